The molecule has 4 rings (SSSR count). The molecule has 1 amide bonds. The maximum Gasteiger partial charge on any atom is 0.238 e. The standard InChI is InChI=1S/C23H24FN3OS/c1-29-20-8-5-14(6-9-20)15-2-3-16(21(24)12-15)10-19(13-25)27-23(28)22-17-4-7-18(11-17)26-22/h2-3,5-6,8-9,12,17-19,22,26H,4,7,10-11H2,1H3,(H,27,28)/t17?,18?,19?,22-/m0/s1. The van der Waals surface area contributed by atoms with Crippen molar-refractivity contribution in [2.45, 2.75) is 48.7 Å². The lowest BCUT2D eigenvalue weighted by atomic mass is 9.98. The molecule has 0 spiro atoms. The summed E-state index contributed by atoms with van der Waals surface area (Å²) >= 11 is 1.66. The number of amides is 1. The third-order valence-electron chi connectivity index (χ3n) is 6.02. The van der Waals surface area contributed by atoms with E-state index in [0.717, 1.165) is 35.3 Å². The van der Waals surface area contributed by atoms with Crippen molar-refractivity contribution in [2.75, 3.05) is 6.26 Å². The van der Waals surface area contributed by atoms with Crippen LogP contribution in [-0.2, 0) is 11.2 Å². The van der Waals surface area contributed by atoms with E-state index in [9.17, 15) is 14.4 Å². The minimum absolute atomic E-state index is 0.144. The fraction of sp³-hybridized carbons (Fsp3) is 0.391. The Hall–Kier alpha value is -2.36. The van der Waals surface area contributed by atoms with Gasteiger partial charge in [0.05, 0.1) is 12.1 Å². The molecule has 150 valence electrons. The minimum atomic E-state index is -0.746. The number of fused-ring (bicyclic) bond motifs is 2. The zero-order valence-electron chi connectivity index (χ0n) is 16.3. The highest BCUT2D eigenvalue weighted by Gasteiger charge is 2.43. The van der Waals surface area contributed by atoms with Crippen LogP contribution in [0.5, 0.6) is 0 Å². The molecule has 1 saturated heterocycles. The lowest BCUT2D eigenvalue weighted by Gasteiger charge is -2.23. The molecule has 0 aromatic heterocycles. The molecule has 1 aliphatic heterocycles. The Kier molecular flexibility index (Phi) is 5.89. The molecule has 2 aliphatic rings. The molecular formula is C23H24FN3OS. The van der Waals surface area contributed by atoms with Gasteiger partial charge in [0, 0.05) is 17.4 Å². The van der Waals surface area contributed by atoms with Gasteiger partial charge in [-0.2, -0.15) is 5.26 Å². The van der Waals surface area contributed by atoms with Crippen LogP contribution >= 0.6 is 11.8 Å². The van der Waals surface area contributed by atoms with E-state index in [-0.39, 0.29) is 24.2 Å². The molecule has 1 aliphatic carbocycles. The van der Waals surface area contributed by atoms with Gasteiger partial charge in [-0.25, -0.2) is 4.39 Å². The number of rotatable bonds is 6. The van der Waals surface area contributed by atoms with Crippen molar-refractivity contribution in [2.24, 2.45) is 5.92 Å². The van der Waals surface area contributed by atoms with Crippen molar-refractivity contribution in [3.8, 4) is 17.2 Å². The van der Waals surface area contributed by atoms with Gasteiger partial charge in [-0.1, -0.05) is 24.3 Å². The molecule has 2 aromatic rings. The summed E-state index contributed by atoms with van der Waals surface area (Å²) in [7, 11) is 0. The molecule has 6 heteroatoms. The number of nitrogens with zero attached hydrogens (tertiary/aromatic N) is 1. The first-order valence-electron chi connectivity index (χ1n) is 9.96. The van der Waals surface area contributed by atoms with Gasteiger partial charge in [0.15, 0.2) is 0 Å². The van der Waals surface area contributed by atoms with Gasteiger partial charge in [-0.05, 0) is 66.3 Å². The maximum atomic E-state index is 14.7. The molecule has 4 nitrogen and oxygen atoms in total. The number of carbonyl (C=O) groups is 1. The van der Waals surface area contributed by atoms with Crippen LogP contribution in [0, 0.1) is 23.1 Å². The smallest absolute Gasteiger partial charge is 0.238 e. The van der Waals surface area contributed by atoms with Crippen LogP contribution in [0.15, 0.2) is 47.4 Å². The van der Waals surface area contributed by atoms with E-state index < -0.39 is 6.04 Å². The highest BCUT2D eigenvalue weighted by Crippen LogP contribution is 2.35. The van der Waals surface area contributed by atoms with Gasteiger partial charge in [0.25, 0.3) is 0 Å². The first kappa shape index (κ1) is 19.9. The number of nitriles is 1. The number of thioether (sulfide) groups is 1. The summed E-state index contributed by atoms with van der Waals surface area (Å²) in [5.74, 6) is -0.147. The molecule has 2 bridgehead atoms. The van der Waals surface area contributed by atoms with E-state index >= 15 is 0 Å². The van der Waals surface area contributed by atoms with E-state index in [1.165, 1.54) is 6.07 Å². The van der Waals surface area contributed by atoms with Crippen LogP contribution in [0.25, 0.3) is 11.1 Å². The fourth-order valence-electron chi connectivity index (χ4n) is 4.44. The molecule has 29 heavy (non-hydrogen) atoms. The van der Waals surface area contributed by atoms with Crippen molar-refractivity contribution < 1.29 is 9.18 Å². The van der Waals surface area contributed by atoms with Crippen molar-refractivity contribution in [1.29, 1.82) is 5.26 Å². The van der Waals surface area contributed by atoms with Gasteiger partial charge >= 0.3 is 0 Å². The Balaban J connectivity index is 1.42. The molecule has 2 N–H and O–H groups in total. The van der Waals surface area contributed by atoms with Crippen LogP contribution < -0.4 is 10.6 Å². The fourth-order valence-corrected chi connectivity index (χ4v) is 4.84. The van der Waals surface area contributed by atoms with Gasteiger partial charge in [0.1, 0.15) is 11.9 Å². The third kappa shape index (κ3) is 4.31. The SMILES string of the molecule is CSc1ccc(-c2ccc(CC(C#N)NC(=O)[C@H]3NC4CCC3C4)c(F)c2)cc1. The molecular weight excluding hydrogens is 385 g/mol. The van der Waals surface area contributed by atoms with Crippen LogP contribution in [-0.4, -0.2) is 30.3 Å². The summed E-state index contributed by atoms with van der Waals surface area (Å²) in [6.45, 7) is 0. The van der Waals surface area contributed by atoms with Gasteiger partial charge < -0.3 is 10.6 Å². The second kappa shape index (κ2) is 8.56. The Labute approximate surface area is 174 Å². The molecule has 3 unspecified atom stereocenters. The summed E-state index contributed by atoms with van der Waals surface area (Å²) in [4.78, 5) is 13.7. The van der Waals surface area contributed by atoms with E-state index in [4.69, 9.17) is 0 Å². The number of nitrogens with one attached hydrogen (secondary N) is 2. The van der Waals surface area contributed by atoms with Crippen LogP contribution in [0.1, 0.15) is 24.8 Å². The van der Waals surface area contributed by atoms with Gasteiger partial charge in [-0.15, -0.1) is 11.8 Å². The molecule has 1 saturated carbocycles. The van der Waals surface area contributed by atoms with E-state index in [1.807, 2.05) is 36.6 Å². The topological polar surface area (TPSA) is 64.9 Å². The normalized spacial score (nSPS) is 23.6. The molecule has 0 radical (unpaired) electrons. The van der Waals surface area contributed by atoms with E-state index in [0.29, 0.717) is 17.5 Å². The average molecular weight is 410 g/mol. The first-order valence-corrected chi connectivity index (χ1v) is 11.2. The summed E-state index contributed by atoms with van der Waals surface area (Å²) in [6, 6.07) is 14.6. The van der Waals surface area contributed by atoms with Crippen molar-refractivity contribution in [3.63, 3.8) is 0 Å². The lowest BCUT2D eigenvalue weighted by Crippen LogP contribution is -2.50. The molecule has 2 fully saturated rings. The predicted molar refractivity (Wildman–Crippen MR) is 113 cm³/mol. The van der Waals surface area contributed by atoms with Crippen LogP contribution in [0.4, 0.5) is 4.39 Å². The second-order valence-electron chi connectivity index (χ2n) is 7.84. The quantitative estimate of drug-likeness (QED) is 0.710. The highest BCUT2D eigenvalue weighted by atomic mass is 32.2. The number of carbonyl (C=O) groups excluding carboxylic acids is 1. The Morgan fingerprint density at radius 3 is 2.62 bits per heavy atom. The Bertz CT molecular complexity index is 940. The number of piperidine rings is 1. The van der Waals surface area contributed by atoms with Crippen LogP contribution in [0.3, 0.4) is 0 Å². The van der Waals surface area contributed by atoms with Crippen molar-refractivity contribution in [3.05, 3.63) is 53.8 Å². The van der Waals surface area contributed by atoms with E-state index in [1.54, 1.807) is 17.8 Å². The molecule has 1 heterocycles. The van der Waals surface area contributed by atoms with E-state index in [2.05, 4.69) is 16.7 Å². The second-order valence-corrected chi connectivity index (χ2v) is 8.72. The maximum absolute atomic E-state index is 14.7. The monoisotopic (exact) mass is 409 g/mol. The van der Waals surface area contributed by atoms with Gasteiger partial charge in [-0.3, -0.25) is 4.79 Å². The largest absolute Gasteiger partial charge is 0.339 e. The zero-order valence-corrected chi connectivity index (χ0v) is 17.1. The highest BCUT2D eigenvalue weighted by molar-refractivity contribution is 7.98. The summed E-state index contributed by atoms with van der Waals surface area (Å²) in [5.41, 5.74) is 2.17. The molecule has 2 aromatic carbocycles. The Morgan fingerprint density at radius 1 is 1.28 bits per heavy atom. The zero-order chi connectivity index (χ0) is 20.4. The number of benzene rings is 2. The van der Waals surface area contributed by atoms with Crippen molar-refractivity contribution >= 4 is 17.7 Å². The van der Waals surface area contributed by atoms with Gasteiger partial charge in [0.2, 0.25) is 5.91 Å². The minimum Gasteiger partial charge on any atom is -0.339 e. The number of hydrogen-bond donors (Lipinski definition) is 2. The number of hydrogen-bond acceptors (Lipinski definition) is 4. The average Bonchev–Trinajstić information content (AvgIpc) is 3.38. The third-order valence-corrected chi connectivity index (χ3v) is 6.76. The summed E-state index contributed by atoms with van der Waals surface area (Å²) in [6.07, 6.45) is 5.37. The van der Waals surface area contributed by atoms with Crippen molar-refractivity contribution in [1.82, 2.24) is 10.6 Å². The van der Waals surface area contributed by atoms with Crippen LogP contribution in [0.2, 0.25) is 0 Å². The lowest BCUT2D eigenvalue weighted by molar-refractivity contribution is -0.124. The summed E-state index contributed by atoms with van der Waals surface area (Å²) < 4.78 is 14.7. The predicted octanol–water partition coefficient (Wildman–Crippen LogP) is 3.91. The number of halogens is 1. The first-order chi connectivity index (χ1) is 14.1. The molecule has 4 atom stereocenters. The Morgan fingerprint density at radius 2 is 2.03 bits per heavy atom. The summed E-state index contributed by atoms with van der Waals surface area (Å²) in [5, 5.41) is 15.6.